The lowest BCUT2D eigenvalue weighted by Gasteiger charge is -2.28. The Kier molecular flexibility index (Phi) is 3.50. The smallest absolute Gasteiger partial charge is 0.220 e. The summed E-state index contributed by atoms with van der Waals surface area (Å²) in [5.74, 6) is -0.401. The number of methoxy groups -OCH3 is 1. The van der Waals surface area contributed by atoms with E-state index < -0.39 is 11.4 Å². The van der Waals surface area contributed by atoms with E-state index in [0.717, 1.165) is 11.8 Å². The minimum atomic E-state index is -1.53. The summed E-state index contributed by atoms with van der Waals surface area (Å²) >= 11 is 0. The van der Waals surface area contributed by atoms with Gasteiger partial charge in [-0.25, -0.2) is 0 Å². The molecule has 1 aliphatic carbocycles. The monoisotopic (exact) mass is 255 g/mol. The van der Waals surface area contributed by atoms with Crippen molar-refractivity contribution in [2.24, 2.45) is 0 Å². The number of aliphatic hydroxyl groups excluding tert-OH is 1. The average molecular weight is 255 g/mol. The largest absolute Gasteiger partial charge is 0.515 e. The Morgan fingerprint density at radius 3 is 2.63 bits per heavy atom. The molecule has 0 spiro atoms. The van der Waals surface area contributed by atoms with E-state index in [4.69, 9.17) is 10.00 Å². The lowest BCUT2D eigenvalue weighted by Crippen LogP contribution is -2.41. The fourth-order valence-electron chi connectivity index (χ4n) is 2.11. The number of hydrogen-bond acceptors (Lipinski definition) is 4. The Morgan fingerprint density at radius 1 is 1.42 bits per heavy atom. The molecule has 0 heterocycles. The van der Waals surface area contributed by atoms with Gasteiger partial charge in [0.25, 0.3) is 0 Å². The summed E-state index contributed by atoms with van der Waals surface area (Å²) in [6.07, 6.45) is 2.32. The third-order valence-electron chi connectivity index (χ3n) is 3.23. The number of ketones is 1. The highest BCUT2D eigenvalue weighted by Gasteiger charge is 2.42. The molecule has 1 atom stereocenters. The van der Waals surface area contributed by atoms with Gasteiger partial charge in [0.15, 0.2) is 0 Å². The molecule has 0 amide bonds. The quantitative estimate of drug-likeness (QED) is 0.824. The van der Waals surface area contributed by atoms with Crippen LogP contribution in [0, 0.1) is 11.3 Å². The number of rotatable bonds is 2. The van der Waals surface area contributed by atoms with Gasteiger partial charge in [0, 0.05) is 13.5 Å². The number of aliphatic hydroxyl groups is 1. The highest BCUT2D eigenvalue weighted by Crippen LogP contribution is 2.36. The van der Waals surface area contributed by atoms with E-state index in [9.17, 15) is 9.90 Å². The fourth-order valence-corrected chi connectivity index (χ4v) is 2.11. The molecule has 0 aromatic heterocycles. The van der Waals surface area contributed by atoms with Crippen LogP contribution >= 0.6 is 0 Å². The van der Waals surface area contributed by atoms with Crippen molar-refractivity contribution in [1.29, 1.82) is 5.26 Å². The summed E-state index contributed by atoms with van der Waals surface area (Å²) in [7, 11) is 1.32. The van der Waals surface area contributed by atoms with E-state index in [0.29, 0.717) is 11.1 Å². The molecule has 2 rings (SSSR count). The maximum Gasteiger partial charge on any atom is 0.220 e. The van der Waals surface area contributed by atoms with Crippen LogP contribution in [0.3, 0.4) is 0 Å². The third-order valence-corrected chi connectivity index (χ3v) is 3.23. The molecule has 1 aromatic rings. The number of nitriles is 1. The predicted molar refractivity (Wildman–Crippen MR) is 70.1 cm³/mol. The van der Waals surface area contributed by atoms with Crippen molar-refractivity contribution in [1.82, 2.24) is 0 Å². The van der Waals surface area contributed by atoms with Gasteiger partial charge in [-0.15, -0.1) is 0 Å². The van der Waals surface area contributed by atoms with Gasteiger partial charge in [-0.05, 0) is 22.8 Å². The molecule has 0 aliphatic heterocycles. The van der Waals surface area contributed by atoms with E-state index in [2.05, 4.69) is 0 Å². The van der Waals surface area contributed by atoms with Gasteiger partial charge in [0.1, 0.15) is 6.07 Å². The molecule has 0 radical (unpaired) electrons. The first-order chi connectivity index (χ1) is 9.16. The van der Waals surface area contributed by atoms with Crippen molar-refractivity contribution in [3.8, 4) is 6.07 Å². The summed E-state index contributed by atoms with van der Waals surface area (Å²) in [5.41, 5.74) is 0.413. The molecule has 0 fully saturated rings. The molecule has 1 aliphatic rings. The second-order valence-corrected chi connectivity index (χ2v) is 4.26. The van der Waals surface area contributed by atoms with E-state index in [1.807, 2.05) is 36.4 Å². The number of nitrogens with zero attached hydrogens (tertiary/aromatic N) is 1. The highest BCUT2D eigenvalue weighted by atomic mass is 16.5. The van der Waals surface area contributed by atoms with Crippen LogP contribution in [0.15, 0.2) is 48.2 Å². The normalized spacial score (nSPS) is 24.9. The summed E-state index contributed by atoms with van der Waals surface area (Å²) in [6, 6.07) is 11.1. The maximum absolute atomic E-state index is 12.1. The Bertz CT molecular complexity index is 596. The van der Waals surface area contributed by atoms with E-state index in [1.165, 1.54) is 13.2 Å². The van der Waals surface area contributed by atoms with Crippen LogP contribution in [-0.2, 0) is 9.53 Å². The van der Waals surface area contributed by atoms with Crippen molar-refractivity contribution in [2.75, 3.05) is 7.11 Å². The zero-order chi connectivity index (χ0) is 13.9. The molecular weight excluding hydrogens is 242 g/mol. The predicted octanol–water partition coefficient (Wildman–Crippen LogP) is 2.39. The lowest BCUT2D eigenvalue weighted by atomic mass is 9.80. The molecule has 4 nitrogen and oxygen atoms in total. The molecule has 4 heteroatoms. The first-order valence-electron chi connectivity index (χ1n) is 5.78. The van der Waals surface area contributed by atoms with Crippen LogP contribution in [-0.4, -0.2) is 23.6 Å². The zero-order valence-corrected chi connectivity index (χ0v) is 10.5. The molecule has 0 saturated carbocycles. The maximum atomic E-state index is 12.1. The second kappa shape index (κ2) is 5.09. The fraction of sp³-hybridized carbons (Fsp3) is 0.200. The Balaban J connectivity index is 2.53. The molecule has 1 aromatic carbocycles. The number of benzene rings is 1. The van der Waals surface area contributed by atoms with Gasteiger partial charge in [0.05, 0.1) is 6.26 Å². The zero-order valence-electron chi connectivity index (χ0n) is 10.5. The first-order valence-corrected chi connectivity index (χ1v) is 5.78. The van der Waals surface area contributed by atoms with Crippen LogP contribution in [0.25, 0.3) is 5.57 Å². The Labute approximate surface area is 111 Å². The van der Waals surface area contributed by atoms with Crippen LogP contribution in [0.4, 0.5) is 0 Å². The van der Waals surface area contributed by atoms with Crippen LogP contribution in [0.2, 0.25) is 0 Å². The van der Waals surface area contributed by atoms with Crippen molar-refractivity contribution in [2.45, 2.75) is 12.0 Å². The summed E-state index contributed by atoms with van der Waals surface area (Å²) in [4.78, 5) is 12.1. The molecule has 96 valence electrons. The van der Waals surface area contributed by atoms with Gasteiger partial charge in [0.2, 0.25) is 11.4 Å². The minimum absolute atomic E-state index is 0.0378. The molecule has 1 unspecified atom stereocenters. The van der Waals surface area contributed by atoms with Gasteiger partial charge < -0.3 is 9.84 Å². The number of ether oxygens (including phenoxy) is 1. The SMILES string of the molecule is COC1(C#N)CC(=CO)C(c2ccccc2)=CC1=O. The molecule has 0 bridgehead atoms. The topological polar surface area (TPSA) is 70.3 Å². The summed E-state index contributed by atoms with van der Waals surface area (Å²) in [5, 5.41) is 18.5. The molecule has 19 heavy (non-hydrogen) atoms. The summed E-state index contributed by atoms with van der Waals surface area (Å²) < 4.78 is 5.05. The van der Waals surface area contributed by atoms with Crippen molar-refractivity contribution in [3.05, 3.63) is 53.8 Å². The van der Waals surface area contributed by atoms with Crippen LogP contribution in [0.1, 0.15) is 12.0 Å². The van der Waals surface area contributed by atoms with Crippen molar-refractivity contribution < 1.29 is 14.6 Å². The second-order valence-electron chi connectivity index (χ2n) is 4.26. The van der Waals surface area contributed by atoms with Crippen molar-refractivity contribution in [3.63, 3.8) is 0 Å². The van der Waals surface area contributed by atoms with E-state index >= 15 is 0 Å². The van der Waals surface area contributed by atoms with Crippen LogP contribution < -0.4 is 0 Å². The molecule has 1 N–H and O–H groups in total. The van der Waals surface area contributed by atoms with Gasteiger partial charge in [-0.1, -0.05) is 30.3 Å². The number of carbonyl (C=O) groups excluding carboxylic acids is 1. The number of hydrogen-bond donors (Lipinski definition) is 1. The van der Waals surface area contributed by atoms with E-state index in [-0.39, 0.29) is 6.42 Å². The minimum Gasteiger partial charge on any atom is -0.515 e. The highest BCUT2D eigenvalue weighted by molar-refractivity contribution is 6.09. The van der Waals surface area contributed by atoms with Crippen molar-refractivity contribution >= 4 is 11.4 Å². The standard InChI is InChI=1S/C15H13NO3/c1-19-15(10-16)8-12(9-17)13(7-14(15)18)11-5-3-2-4-6-11/h2-7,9,17H,8H2,1H3. The third kappa shape index (κ3) is 2.16. The molecule has 0 saturated heterocycles. The van der Waals surface area contributed by atoms with E-state index in [1.54, 1.807) is 0 Å². The Morgan fingerprint density at radius 2 is 2.11 bits per heavy atom. The molecular formula is C15H13NO3. The lowest BCUT2D eigenvalue weighted by molar-refractivity contribution is -0.130. The average Bonchev–Trinajstić information content (AvgIpc) is 2.48. The van der Waals surface area contributed by atoms with Gasteiger partial charge in [-0.3, -0.25) is 4.79 Å². The number of allylic oxidation sites excluding steroid dienone is 1. The summed E-state index contributed by atoms with van der Waals surface area (Å²) in [6.45, 7) is 0. The van der Waals surface area contributed by atoms with Crippen LogP contribution in [0.5, 0.6) is 0 Å². The van der Waals surface area contributed by atoms with Gasteiger partial charge >= 0.3 is 0 Å². The Hall–Kier alpha value is -2.38. The first kappa shape index (κ1) is 13.1. The van der Waals surface area contributed by atoms with Gasteiger partial charge in [-0.2, -0.15) is 5.26 Å². The number of carbonyl (C=O) groups is 1.